The van der Waals surface area contributed by atoms with Crippen molar-refractivity contribution in [3.05, 3.63) is 51.1 Å². The third-order valence-electron chi connectivity index (χ3n) is 3.05. The van der Waals surface area contributed by atoms with E-state index in [1.54, 1.807) is 6.92 Å². The largest absolute Gasteiger partial charge is 0.394 e. The number of carbonyl (C=O) groups excluding carboxylic acids is 1. The number of halogens is 4. The second-order valence-corrected chi connectivity index (χ2v) is 5.61. The van der Waals surface area contributed by atoms with Crippen molar-refractivity contribution in [2.45, 2.75) is 6.92 Å². The zero-order valence-electron chi connectivity index (χ0n) is 12.9. The van der Waals surface area contributed by atoms with Crippen LogP contribution in [0.3, 0.4) is 0 Å². The van der Waals surface area contributed by atoms with Gasteiger partial charge < -0.3 is 10.4 Å². The quantitative estimate of drug-likeness (QED) is 0.519. The van der Waals surface area contributed by atoms with Gasteiger partial charge in [-0.1, -0.05) is 23.2 Å². The molecule has 1 amide bonds. The molecular formula is C15H13Cl2F2N3O3. The number of aliphatic hydroxyl groups is 1. The SMILES string of the molecule is Cc1nc(Nc2c(C(=O)NOCCO)ccc(F)c2F)c(Cl)cc1Cl. The van der Waals surface area contributed by atoms with Crippen molar-refractivity contribution in [3.8, 4) is 0 Å². The molecule has 2 rings (SSSR count). The standard InChI is InChI=1S/C15H13Cl2F2N3O3/c1-7-9(16)6-10(17)14(20-7)21-13-8(2-3-11(18)12(13)19)15(24)22-25-5-4-23/h2-3,6,23H,4-5H2,1H3,(H,20,21)(H,22,24). The Morgan fingerprint density at radius 3 is 2.72 bits per heavy atom. The van der Waals surface area contributed by atoms with Crippen molar-refractivity contribution in [2.75, 3.05) is 18.5 Å². The fourth-order valence-electron chi connectivity index (χ4n) is 1.84. The lowest BCUT2D eigenvalue weighted by atomic mass is 10.1. The number of hydrogen-bond donors (Lipinski definition) is 3. The molecule has 134 valence electrons. The summed E-state index contributed by atoms with van der Waals surface area (Å²) in [6.07, 6.45) is 0. The summed E-state index contributed by atoms with van der Waals surface area (Å²) in [5, 5.41) is 11.5. The third-order valence-corrected chi connectivity index (χ3v) is 3.72. The van der Waals surface area contributed by atoms with Crippen LogP contribution < -0.4 is 10.8 Å². The van der Waals surface area contributed by atoms with Crippen LogP contribution in [0.15, 0.2) is 18.2 Å². The van der Waals surface area contributed by atoms with E-state index < -0.39 is 23.2 Å². The maximum Gasteiger partial charge on any atom is 0.277 e. The fourth-order valence-corrected chi connectivity index (χ4v) is 2.25. The number of aryl methyl sites for hydroxylation is 1. The highest BCUT2D eigenvalue weighted by atomic mass is 35.5. The Morgan fingerprint density at radius 1 is 1.32 bits per heavy atom. The number of rotatable bonds is 6. The van der Waals surface area contributed by atoms with Crippen molar-refractivity contribution >= 4 is 40.6 Å². The molecule has 0 fully saturated rings. The van der Waals surface area contributed by atoms with Gasteiger partial charge in [0.25, 0.3) is 5.91 Å². The Kier molecular flexibility index (Phi) is 6.49. The molecule has 0 aliphatic carbocycles. The summed E-state index contributed by atoms with van der Waals surface area (Å²) in [4.78, 5) is 20.8. The van der Waals surface area contributed by atoms with Crippen LogP contribution in [-0.2, 0) is 4.84 Å². The van der Waals surface area contributed by atoms with Gasteiger partial charge in [-0.25, -0.2) is 19.2 Å². The lowest BCUT2D eigenvalue weighted by Crippen LogP contribution is -2.26. The fraction of sp³-hybridized carbons (Fsp3) is 0.200. The highest BCUT2D eigenvalue weighted by Crippen LogP contribution is 2.31. The van der Waals surface area contributed by atoms with E-state index in [1.807, 2.05) is 5.48 Å². The van der Waals surface area contributed by atoms with Crippen molar-refractivity contribution in [2.24, 2.45) is 0 Å². The first-order valence-corrected chi connectivity index (χ1v) is 7.71. The number of amides is 1. The molecule has 0 atom stereocenters. The van der Waals surface area contributed by atoms with Crippen LogP contribution in [0.5, 0.6) is 0 Å². The summed E-state index contributed by atoms with van der Waals surface area (Å²) in [5.41, 5.74) is 1.69. The van der Waals surface area contributed by atoms with Gasteiger partial charge in [0.05, 0.1) is 40.2 Å². The molecule has 1 aromatic carbocycles. The van der Waals surface area contributed by atoms with Crippen LogP contribution in [0.25, 0.3) is 0 Å². The molecule has 0 saturated heterocycles. The highest BCUT2D eigenvalue weighted by molar-refractivity contribution is 6.36. The van der Waals surface area contributed by atoms with Gasteiger partial charge in [0, 0.05) is 0 Å². The van der Waals surface area contributed by atoms with E-state index in [2.05, 4.69) is 15.1 Å². The van der Waals surface area contributed by atoms with Crippen molar-refractivity contribution < 1.29 is 23.5 Å². The summed E-state index contributed by atoms with van der Waals surface area (Å²) in [6, 6.07) is 3.24. The van der Waals surface area contributed by atoms with Gasteiger partial charge in [-0.2, -0.15) is 0 Å². The number of hydroxylamine groups is 1. The molecule has 3 N–H and O–H groups in total. The third kappa shape index (κ3) is 4.55. The van der Waals surface area contributed by atoms with E-state index in [0.29, 0.717) is 10.7 Å². The van der Waals surface area contributed by atoms with Gasteiger partial charge in [0.15, 0.2) is 11.6 Å². The summed E-state index contributed by atoms with van der Waals surface area (Å²) in [5.74, 6) is -3.31. The molecule has 0 unspecified atom stereocenters. The number of carbonyl (C=O) groups is 1. The van der Waals surface area contributed by atoms with E-state index in [0.717, 1.165) is 12.1 Å². The minimum absolute atomic E-state index is 0.00149. The zero-order chi connectivity index (χ0) is 18.6. The normalized spacial score (nSPS) is 10.6. The van der Waals surface area contributed by atoms with E-state index in [4.69, 9.17) is 28.3 Å². The first kappa shape index (κ1) is 19.3. The number of aliphatic hydroxyl groups excluding tert-OH is 1. The summed E-state index contributed by atoms with van der Waals surface area (Å²) < 4.78 is 27.8. The lowest BCUT2D eigenvalue weighted by Gasteiger charge is -2.14. The Hall–Kier alpha value is -2.00. The summed E-state index contributed by atoms with van der Waals surface area (Å²) >= 11 is 11.9. The number of aromatic nitrogens is 1. The Labute approximate surface area is 151 Å². The van der Waals surface area contributed by atoms with Gasteiger partial charge in [-0.3, -0.25) is 9.63 Å². The number of hydrogen-bond acceptors (Lipinski definition) is 5. The Morgan fingerprint density at radius 2 is 2.04 bits per heavy atom. The molecule has 10 heteroatoms. The van der Waals surface area contributed by atoms with Gasteiger partial charge in [-0.05, 0) is 25.1 Å². The molecule has 1 heterocycles. The first-order chi connectivity index (χ1) is 11.8. The molecule has 0 radical (unpaired) electrons. The van der Waals surface area contributed by atoms with Crippen LogP contribution in [0, 0.1) is 18.6 Å². The van der Waals surface area contributed by atoms with E-state index in [-0.39, 0.29) is 29.6 Å². The summed E-state index contributed by atoms with van der Waals surface area (Å²) in [6.45, 7) is 1.11. The highest BCUT2D eigenvalue weighted by Gasteiger charge is 2.21. The number of benzene rings is 1. The van der Waals surface area contributed by atoms with Gasteiger partial charge in [0.2, 0.25) is 0 Å². The average molecular weight is 392 g/mol. The average Bonchev–Trinajstić information content (AvgIpc) is 2.56. The van der Waals surface area contributed by atoms with E-state index >= 15 is 0 Å². The first-order valence-electron chi connectivity index (χ1n) is 6.95. The van der Waals surface area contributed by atoms with Gasteiger partial charge >= 0.3 is 0 Å². The van der Waals surface area contributed by atoms with Crippen LogP contribution >= 0.6 is 23.2 Å². The summed E-state index contributed by atoms with van der Waals surface area (Å²) in [7, 11) is 0. The van der Waals surface area contributed by atoms with Crippen LogP contribution in [0.2, 0.25) is 10.0 Å². The van der Waals surface area contributed by atoms with Crippen LogP contribution in [0.4, 0.5) is 20.3 Å². The smallest absolute Gasteiger partial charge is 0.277 e. The second-order valence-electron chi connectivity index (χ2n) is 4.80. The molecule has 0 saturated carbocycles. The Balaban J connectivity index is 2.41. The molecule has 1 aromatic heterocycles. The molecule has 0 aliphatic heterocycles. The predicted octanol–water partition coefficient (Wildman–Crippen LogP) is 3.37. The molecule has 25 heavy (non-hydrogen) atoms. The number of nitrogens with one attached hydrogen (secondary N) is 2. The van der Waals surface area contributed by atoms with Gasteiger partial charge in [0.1, 0.15) is 5.82 Å². The van der Waals surface area contributed by atoms with E-state index in [1.165, 1.54) is 6.07 Å². The molecule has 6 nitrogen and oxygen atoms in total. The molecule has 0 aliphatic rings. The van der Waals surface area contributed by atoms with E-state index in [9.17, 15) is 13.6 Å². The van der Waals surface area contributed by atoms with Crippen LogP contribution in [0.1, 0.15) is 16.1 Å². The monoisotopic (exact) mass is 391 g/mol. The molecular weight excluding hydrogens is 379 g/mol. The molecule has 0 spiro atoms. The molecule has 2 aromatic rings. The number of anilines is 2. The predicted molar refractivity (Wildman–Crippen MR) is 89.1 cm³/mol. The minimum atomic E-state index is -1.29. The molecule has 0 bridgehead atoms. The topological polar surface area (TPSA) is 83.5 Å². The maximum atomic E-state index is 14.2. The second kappa shape index (κ2) is 8.39. The minimum Gasteiger partial charge on any atom is -0.394 e. The zero-order valence-corrected chi connectivity index (χ0v) is 14.4. The Bertz CT molecular complexity index is 806. The maximum absolute atomic E-state index is 14.2. The van der Waals surface area contributed by atoms with Gasteiger partial charge in [-0.15, -0.1) is 0 Å². The van der Waals surface area contributed by atoms with Crippen LogP contribution in [-0.4, -0.2) is 29.2 Å². The lowest BCUT2D eigenvalue weighted by molar-refractivity contribution is 0.0168. The number of pyridine rings is 1. The number of nitrogens with zero attached hydrogens (tertiary/aromatic N) is 1. The van der Waals surface area contributed by atoms with Crippen molar-refractivity contribution in [3.63, 3.8) is 0 Å². The van der Waals surface area contributed by atoms with Crippen molar-refractivity contribution in [1.82, 2.24) is 10.5 Å². The van der Waals surface area contributed by atoms with Crippen molar-refractivity contribution in [1.29, 1.82) is 0 Å².